The number of nitrogens with zero attached hydrogens (tertiary/aromatic N) is 1. The normalized spacial score (nSPS) is 19.1. The molecule has 1 atom stereocenters. The average molecular weight is 387 g/mol. The van der Waals surface area contributed by atoms with Crippen molar-refractivity contribution < 1.29 is 22.8 Å². The highest BCUT2D eigenvalue weighted by Crippen LogP contribution is 2.32. The molecule has 0 aliphatic carbocycles. The second kappa shape index (κ2) is 8.57. The largest absolute Gasteiger partial charge is 0.416 e. The van der Waals surface area contributed by atoms with Crippen molar-refractivity contribution in [2.45, 2.75) is 38.1 Å². The third-order valence-corrected chi connectivity index (χ3v) is 4.68. The number of rotatable bonds is 6. The molecule has 26 heavy (non-hydrogen) atoms. The summed E-state index contributed by atoms with van der Waals surface area (Å²) in [4.78, 5) is 27.9. The van der Waals surface area contributed by atoms with E-state index in [4.69, 9.17) is 0 Å². The van der Waals surface area contributed by atoms with Crippen molar-refractivity contribution in [1.29, 1.82) is 0 Å². The first-order valence-electron chi connectivity index (χ1n) is 8.15. The van der Waals surface area contributed by atoms with E-state index in [2.05, 4.69) is 15.6 Å². The van der Waals surface area contributed by atoms with Crippen LogP contribution in [0.25, 0.3) is 0 Å². The predicted molar refractivity (Wildman–Crippen MR) is 95.1 cm³/mol. The molecule has 1 aromatic carbocycles. The van der Waals surface area contributed by atoms with Gasteiger partial charge in [0.05, 0.1) is 11.3 Å². The van der Waals surface area contributed by atoms with Crippen molar-refractivity contribution in [3.8, 4) is 0 Å². The molecular formula is C17H20F3N3O2S. The van der Waals surface area contributed by atoms with Gasteiger partial charge in [0.1, 0.15) is 5.25 Å². The fraction of sp³-hybridized carbons (Fsp3) is 0.471. The maximum absolute atomic E-state index is 12.7. The van der Waals surface area contributed by atoms with E-state index in [-0.39, 0.29) is 29.1 Å². The van der Waals surface area contributed by atoms with Crippen LogP contribution in [0.3, 0.4) is 0 Å². The maximum Gasteiger partial charge on any atom is 0.416 e. The number of aliphatic imine (C=N–C) groups is 1. The molecule has 1 aromatic rings. The number of amidine groups is 1. The predicted octanol–water partition coefficient (Wildman–Crippen LogP) is 3.48. The van der Waals surface area contributed by atoms with Crippen molar-refractivity contribution in [3.05, 3.63) is 29.8 Å². The summed E-state index contributed by atoms with van der Waals surface area (Å²) in [6.45, 7) is 4.63. The lowest BCUT2D eigenvalue weighted by atomic mass is 10.1. The van der Waals surface area contributed by atoms with Gasteiger partial charge in [-0.25, -0.2) is 4.99 Å². The van der Waals surface area contributed by atoms with Crippen LogP contribution in [-0.2, 0) is 15.8 Å². The van der Waals surface area contributed by atoms with Crippen LogP contribution in [0.1, 0.15) is 32.3 Å². The van der Waals surface area contributed by atoms with Crippen LogP contribution in [0.4, 0.5) is 18.9 Å². The van der Waals surface area contributed by atoms with E-state index in [1.807, 2.05) is 13.8 Å². The molecule has 1 saturated heterocycles. The number of hydrogen-bond donors (Lipinski definition) is 2. The second-order valence-corrected chi connectivity index (χ2v) is 7.49. The molecule has 0 unspecified atom stereocenters. The third kappa shape index (κ3) is 6.05. The summed E-state index contributed by atoms with van der Waals surface area (Å²) in [6, 6.07) is 4.53. The van der Waals surface area contributed by atoms with Gasteiger partial charge in [-0.15, -0.1) is 0 Å². The third-order valence-electron chi connectivity index (χ3n) is 3.60. The number of amides is 2. The van der Waals surface area contributed by atoms with Gasteiger partial charge in [-0.1, -0.05) is 31.7 Å². The first kappa shape index (κ1) is 20.3. The molecule has 1 heterocycles. The van der Waals surface area contributed by atoms with Gasteiger partial charge in [0, 0.05) is 13.0 Å². The van der Waals surface area contributed by atoms with Gasteiger partial charge < -0.3 is 10.6 Å². The Kier molecular flexibility index (Phi) is 6.69. The molecule has 5 nitrogen and oxygen atoms in total. The second-order valence-electron chi connectivity index (χ2n) is 6.30. The van der Waals surface area contributed by atoms with Crippen molar-refractivity contribution in [2.75, 3.05) is 6.54 Å². The van der Waals surface area contributed by atoms with Gasteiger partial charge >= 0.3 is 6.18 Å². The van der Waals surface area contributed by atoms with Crippen LogP contribution < -0.4 is 10.6 Å². The van der Waals surface area contributed by atoms with Crippen LogP contribution in [-0.4, -0.2) is 28.8 Å². The Morgan fingerprint density at radius 1 is 1.38 bits per heavy atom. The molecule has 9 heteroatoms. The number of nitrogens with one attached hydrogen (secondary N) is 2. The number of halogens is 3. The van der Waals surface area contributed by atoms with Gasteiger partial charge in [0.2, 0.25) is 11.8 Å². The SMILES string of the molecule is CC(C)CCNC(=O)C[C@@H]1SC(=Nc2cccc(C(F)(F)F)c2)NC1=O. The fourth-order valence-corrected chi connectivity index (χ4v) is 3.19. The molecule has 0 aromatic heterocycles. The maximum atomic E-state index is 12.7. The fourth-order valence-electron chi connectivity index (χ4n) is 2.20. The number of thioether (sulfide) groups is 1. The quantitative estimate of drug-likeness (QED) is 0.785. The lowest BCUT2D eigenvalue weighted by Gasteiger charge is -2.08. The summed E-state index contributed by atoms with van der Waals surface area (Å²) in [7, 11) is 0. The average Bonchev–Trinajstić information content (AvgIpc) is 2.85. The molecule has 1 fully saturated rings. The van der Waals surface area contributed by atoms with Crippen LogP contribution in [0.15, 0.2) is 29.3 Å². The standard InChI is InChI=1S/C17H20F3N3O2S/c1-10(2)6-7-21-14(24)9-13-15(25)23-16(26-13)22-12-5-3-4-11(8-12)17(18,19)20/h3-5,8,10,13H,6-7,9H2,1-2H3,(H,21,24)(H,22,23,25)/t13-/m0/s1. The minimum Gasteiger partial charge on any atom is -0.356 e. The Bertz CT molecular complexity index is 705. The molecule has 1 aliphatic rings. The van der Waals surface area contributed by atoms with E-state index in [0.717, 1.165) is 30.3 Å². The molecule has 142 valence electrons. The van der Waals surface area contributed by atoms with E-state index >= 15 is 0 Å². The van der Waals surface area contributed by atoms with E-state index < -0.39 is 17.0 Å². The van der Waals surface area contributed by atoms with Gasteiger partial charge in [-0.05, 0) is 30.5 Å². The number of carbonyl (C=O) groups excluding carboxylic acids is 2. The lowest BCUT2D eigenvalue weighted by Crippen LogP contribution is -2.32. The van der Waals surface area contributed by atoms with Crippen LogP contribution in [0, 0.1) is 5.92 Å². The zero-order valence-electron chi connectivity index (χ0n) is 14.4. The minimum absolute atomic E-state index is 0.00376. The summed E-state index contributed by atoms with van der Waals surface area (Å²) >= 11 is 1.04. The highest BCUT2D eigenvalue weighted by atomic mass is 32.2. The van der Waals surface area contributed by atoms with E-state index in [0.29, 0.717) is 12.5 Å². The van der Waals surface area contributed by atoms with Gasteiger partial charge in [-0.3, -0.25) is 9.59 Å². The first-order valence-corrected chi connectivity index (χ1v) is 9.03. The molecular weight excluding hydrogens is 367 g/mol. The van der Waals surface area contributed by atoms with E-state index in [9.17, 15) is 22.8 Å². The Hall–Kier alpha value is -2.03. The number of alkyl halides is 3. The highest BCUT2D eigenvalue weighted by molar-refractivity contribution is 8.15. The molecule has 2 rings (SSSR count). The highest BCUT2D eigenvalue weighted by Gasteiger charge is 2.33. The molecule has 2 amide bonds. The van der Waals surface area contributed by atoms with Crippen LogP contribution >= 0.6 is 11.8 Å². The van der Waals surface area contributed by atoms with Crippen molar-refractivity contribution in [1.82, 2.24) is 10.6 Å². The van der Waals surface area contributed by atoms with E-state index in [1.54, 1.807) is 0 Å². The minimum atomic E-state index is -4.46. The number of carbonyl (C=O) groups is 2. The smallest absolute Gasteiger partial charge is 0.356 e. The Balaban J connectivity index is 1.96. The summed E-state index contributed by atoms with van der Waals surface area (Å²) < 4.78 is 38.2. The van der Waals surface area contributed by atoms with Gasteiger partial charge in [0.15, 0.2) is 5.17 Å². The van der Waals surface area contributed by atoms with Gasteiger partial charge in [-0.2, -0.15) is 13.2 Å². The summed E-state index contributed by atoms with van der Waals surface area (Å²) in [5, 5.41) is 4.81. The molecule has 0 spiro atoms. The van der Waals surface area contributed by atoms with Gasteiger partial charge in [0.25, 0.3) is 0 Å². The summed E-state index contributed by atoms with van der Waals surface area (Å²) in [5.41, 5.74) is -0.723. The van der Waals surface area contributed by atoms with Crippen molar-refractivity contribution in [3.63, 3.8) is 0 Å². The van der Waals surface area contributed by atoms with Crippen LogP contribution in [0.5, 0.6) is 0 Å². The van der Waals surface area contributed by atoms with Crippen molar-refractivity contribution in [2.24, 2.45) is 10.9 Å². The zero-order chi connectivity index (χ0) is 19.3. The topological polar surface area (TPSA) is 70.6 Å². The number of hydrogen-bond acceptors (Lipinski definition) is 4. The van der Waals surface area contributed by atoms with Crippen LogP contribution in [0.2, 0.25) is 0 Å². The summed E-state index contributed by atoms with van der Waals surface area (Å²) in [5.74, 6) is -0.149. The number of benzene rings is 1. The molecule has 1 aliphatic heterocycles. The Labute approximate surface area is 153 Å². The van der Waals surface area contributed by atoms with E-state index in [1.165, 1.54) is 12.1 Å². The summed E-state index contributed by atoms with van der Waals surface area (Å²) in [6.07, 6.45) is -3.62. The van der Waals surface area contributed by atoms with Crippen molar-refractivity contribution >= 4 is 34.4 Å². The molecule has 0 radical (unpaired) electrons. The Morgan fingerprint density at radius 2 is 2.12 bits per heavy atom. The molecule has 0 bridgehead atoms. The zero-order valence-corrected chi connectivity index (χ0v) is 15.2. The first-order chi connectivity index (χ1) is 12.1. The molecule has 2 N–H and O–H groups in total. The Morgan fingerprint density at radius 3 is 2.77 bits per heavy atom. The lowest BCUT2D eigenvalue weighted by molar-refractivity contribution is -0.137. The monoisotopic (exact) mass is 387 g/mol. The molecule has 0 saturated carbocycles.